The highest BCUT2D eigenvalue weighted by atomic mass is 19.4. The van der Waals surface area contributed by atoms with Crippen molar-refractivity contribution in [1.82, 2.24) is 4.90 Å². The molecule has 0 saturated heterocycles. The third kappa shape index (κ3) is 6.29. The number of hydrogen-bond donors (Lipinski definition) is 1. The molecule has 0 aliphatic heterocycles. The lowest BCUT2D eigenvalue weighted by Crippen LogP contribution is -2.40. The highest BCUT2D eigenvalue weighted by Gasteiger charge is 2.28. The molecule has 1 N–H and O–H groups in total. The maximum Gasteiger partial charge on any atom is 0.411 e. The fraction of sp³-hybridized carbons (Fsp3) is 0.875. The minimum absolute atomic E-state index is 0.249. The molecule has 15 heavy (non-hydrogen) atoms. The molecule has 0 saturated carbocycles. The van der Waals surface area contributed by atoms with E-state index in [0.29, 0.717) is 0 Å². The van der Waals surface area contributed by atoms with Crippen LogP contribution in [0.15, 0.2) is 0 Å². The molecule has 0 aliphatic carbocycles. The van der Waals surface area contributed by atoms with Crippen LogP contribution < -0.4 is 0 Å². The van der Waals surface area contributed by atoms with Crippen LogP contribution in [-0.2, 0) is 9.53 Å². The van der Waals surface area contributed by atoms with Gasteiger partial charge in [-0.25, -0.2) is 0 Å². The SMILES string of the molecule is CC(CO)N(C)C(=O)COCC(F)(F)F. The van der Waals surface area contributed by atoms with Gasteiger partial charge < -0.3 is 14.7 Å². The average molecular weight is 229 g/mol. The lowest BCUT2D eigenvalue weighted by Gasteiger charge is -2.23. The van der Waals surface area contributed by atoms with Crippen molar-refractivity contribution in [3.8, 4) is 0 Å². The Labute approximate surface area is 85.6 Å². The minimum Gasteiger partial charge on any atom is -0.394 e. The second kappa shape index (κ2) is 5.92. The fourth-order valence-electron chi connectivity index (χ4n) is 0.724. The molecule has 0 rings (SSSR count). The van der Waals surface area contributed by atoms with Crippen LogP contribution >= 0.6 is 0 Å². The van der Waals surface area contributed by atoms with Gasteiger partial charge in [0.05, 0.1) is 12.6 Å². The van der Waals surface area contributed by atoms with Crippen molar-refractivity contribution in [2.45, 2.75) is 19.1 Å². The van der Waals surface area contributed by atoms with Gasteiger partial charge in [-0.3, -0.25) is 4.79 Å². The summed E-state index contributed by atoms with van der Waals surface area (Å²) in [6.45, 7) is -0.760. The lowest BCUT2D eigenvalue weighted by atomic mass is 10.3. The number of ether oxygens (including phenoxy) is 1. The zero-order valence-electron chi connectivity index (χ0n) is 8.54. The second-order valence-corrected chi connectivity index (χ2v) is 3.14. The molecule has 1 atom stereocenters. The first-order chi connectivity index (χ1) is 6.78. The molecule has 1 amide bonds. The van der Waals surface area contributed by atoms with Crippen molar-refractivity contribution in [2.24, 2.45) is 0 Å². The molecule has 1 unspecified atom stereocenters. The Hall–Kier alpha value is -0.820. The summed E-state index contributed by atoms with van der Waals surface area (Å²) in [5, 5.41) is 8.69. The van der Waals surface area contributed by atoms with Gasteiger partial charge in [0.1, 0.15) is 13.2 Å². The van der Waals surface area contributed by atoms with Crippen LogP contribution in [0, 0.1) is 0 Å². The Morgan fingerprint density at radius 3 is 2.47 bits per heavy atom. The van der Waals surface area contributed by atoms with Crippen molar-refractivity contribution >= 4 is 5.91 Å². The molecule has 0 fully saturated rings. The van der Waals surface area contributed by atoms with E-state index in [1.54, 1.807) is 6.92 Å². The highest BCUT2D eigenvalue weighted by Crippen LogP contribution is 2.14. The van der Waals surface area contributed by atoms with Crippen molar-refractivity contribution in [1.29, 1.82) is 0 Å². The molecule has 0 bridgehead atoms. The molecule has 0 spiro atoms. The summed E-state index contributed by atoms with van der Waals surface area (Å²) in [5.41, 5.74) is 0. The number of nitrogens with zero attached hydrogens (tertiary/aromatic N) is 1. The van der Waals surface area contributed by atoms with Gasteiger partial charge in [-0.15, -0.1) is 0 Å². The summed E-state index contributed by atoms with van der Waals surface area (Å²) in [6, 6.07) is -0.438. The number of amides is 1. The third-order valence-electron chi connectivity index (χ3n) is 1.81. The van der Waals surface area contributed by atoms with Crippen LogP contribution in [0.4, 0.5) is 13.2 Å². The summed E-state index contributed by atoms with van der Waals surface area (Å²) in [6.07, 6.45) is -4.43. The monoisotopic (exact) mass is 229 g/mol. The van der Waals surface area contributed by atoms with Crippen molar-refractivity contribution < 1.29 is 27.8 Å². The summed E-state index contributed by atoms with van der Waals surface area (Å²) in [7, 11) is 1.39. The molecule has 0 aromatic rings. The first kappa shape index (κ1) is 14.2. The minimum atomic E-state index is -4.43. The van der Waals surface area contributed by atoms with E-state index in [4.69, 9.17) is 5.11 Å². The quantitative estimate of drug-likeness (QED) is 0.742. The maximum atomic E-state index is 11.6. The number of aliphatic hydroxyl groups excluding tert-OH is 1. The zero-order valence-corrected chi connectivity index (χ0v) is 8.54. The molecule has 7 heteroatoms. The molecule has 4 nitrogen and oxygen atoms in total. The van der Waals surface area contributed by atoms with Crippen LogP contribution in [0.3, 0.4) is 0 Å². The van der Waals surface area contributed by atoms with E-state index in [0.717, 1.165) is 4.90 Å². The summed E-state index contributed by atoms with van der Waals surface area (Å²) >= 11 is 0. The van der Waals surface area contributed by atoms with Gasteiger partial charge >= 0.3 is 6.18 Å². The molecular weight excluding hydrogens is 215 g/mol. The Balaban J connectivity index is 3.84. The maximum absolute atomic E-state index is 11.6. The Bertz CT molecular complexity index is 208. The van der Waals surface area contributed by atoms with Gasteiger partial charge in [0.25, 0.3) is 0 Å². The van der Waals surface area contributed by atoms with Gasteiger partial charge in [0, 0.05) is 7.05 Å². The van der Waals surface area contributed by atoms with Crippen molar-refractivity contribution in [2.75, 3.05) is 26.9 Å². The Morgan fingerprint density at radius 1 is 1.53 bits per heavy atom. The molecule has 0 aliphatic rings. The first-order valence-electron chi connectivity index (χ1n) is 4.29. The Morgan fingerprint density at radius 2 is 2.07 bits per heavy atom. The normalized spacial score (nSPS) is 13.7. The standard InChI is InChI=1S/C8H14F3NO3/c1-6(3-13)12(2)7(14)4-15-5-8(9,10)11/h6,13H,3-5H2,1-2H3. The molecule has 0 aromatic carbocycles. The van der Waals surface area contributed by atoms with Gasteiger partial charge in [-0.2, -0.15) is 13.2 Å². The smallest absolute Gasteiger partial charge is 0.394 e. The fourth-order valence-corrected chi connectivity index (χ4v) is 0.724. The number of hydrogen-bond acceptors (Lipinski definition) is 3. The van der Waals surface area contributed by atoms with Gasteiger partial charge in [-0.1, -0.05) is 0 Å². The number of halogens is 3. The van der Waals surface area contributed by atoms with E-state index < -0.39 is 31.3 Å². The van der Waals surface area contributed by atoms with Crippen molar-refractivity contribution in [3.05, 3.63) is 0 Å². The topological polar surface area (TPSA) is 49.8 Å². The molecule has 90 valence electrons. The lowest BCUT2D eigenvalue weighted by molar-refractivity contribution is -0.178. The zero-order chi connectivity index (χ0) is 12.1. The predicted octanol–water partition coefficient (Wildman–Crippen LogP) is 0.405. The second-order valence-electron chi connectivity index (χ2n) is 3.14. The van der Waals surface area contributed by atoms with E-state index in [9.17, 15) is 18.0 Å². The Kier molecular flexibility index (Phi) is 5.59. The van der Waals surface area contributed by atoms with E-state index in [-0.39, 0.29) is 6.61 Å². The number of aliphatic hydroxyl groups is 1. The summed E-state index contributed by atoms with van der Waals surface area (Å²) in [5.74, 6) is -0.596. The highest BCUT2D eigenvalue weighted by molar-refractivity contribution is 5.77. The number of alkyl halides is 3. The van der Waals surface area contributed by atoms with Crippen LogP contribution in [0.25, 0.3) is 0 Å². The van der Waals surface area contributed by atoms with Crippen LogP contribution in [-0.4, -0.2) is 55.0 Å². The summed E-state index contributed by atoms with van der Waals surface area (Å²) in [4.78, 5) is 12.3. The van der Waals surface area contributed by atoms with Crippen LogP contribution in [0.1, 0.15) is 6.92 Å². The molecule has 0 heterocycles. The largest absolute Gasteiger partial charge is 0.411 e. The van der Waals surface area contributed by atoms with E-state index in [2.05, 4.69) is 4.74 Å². The average Bonchev–Trinajstić information content (AvgIpc) is 2.13. The van der Waals surface area contributed by atoms with E-state index in [1.165, 1.54) is 7.05 Å². The molecule has 0 radical (unpaired) electrons. The van der Waals surface area contributed by atoms with E-state index >= 15 is 0 Å². The number of likely N-dealkylation sites (N-methyl/N-ethyl adjacent to an activating group) is 1. The van der Waals surface area contributed by atoms with Gasteiger partial charge in [0.2, 0.25) is 5.91 Å². The third-order valence-corrected chi connectivity index (χ3v) is 1.81. The number of carbonyl (C=O) groups is 1. The predicted molar refractivity (Wildman–Crippen MR) is 46.2 cm³/mol. The number of rotatable bonds is 5. The van der Waals surface area contributed by atoms with Crippen LogP contribution in [0.5, 0.6) is 0 Å². The molecular formula is C8H14F3NO3. The first-order valence-corrected chi connectivity index (χ1v) is 4.29. The van der Waals surface area contributed by atoms with Gasteiger partial charge in [-0.05, 0) is 6.92 Å². The number of carbonyl (C=O) groups excluding carboxylic acids is 1. The summed E-state index contributed by atoms with van der Waals surface area (Å²) < 4.78 is 39.1. The molecule has 0 aromatic heterocycles. The van der Waals surface area contributed by atoms with Crippen molar-refractivity contribution in [3.63, 3.8) is 0 Å². The van der Waals surface area contributed by atoms with E-state index in [1.807, 2.05) is 0 Å². The van der Waals surface area contributed by atoms with Gasteiger partial charge in [0.15, 0.2) is 0 Å². The van der Waals surface area contributed by atoms with Crippen LogP contribution in [0.2, 0.25) is 0 Å².